The average Bonchev–Trinajstić information content (AvgIpc) is 1.49. The highest BCUT2D eigenvalue weighted by Crippen LogP contribution is 2.66. The zero-order valence-corrected chi connectivity index (χ0v) is 56.2. The Morgan fingerprint density at radius 2 is 0.654 bits per heavy atom. The van der Waals surface area contributed by atoms with Crippen LogP contribution in [0, 0.1) is 0 Å². The van der Waals surface area contributed by atoms with Crippen molar-refractivity contribution in [3.63, 3.8) is 0 Å². The van der Waals surface area contributed by atoms with Gasteiger partial charge in [0.25, 0.3) is 0 Å². The molecular weight excluding hydrogens is 1270 g/mol. The molecule has 0 amide bonds. The Labute approximate surface area is 602 Å². The molecule has 17 aromatic rings. The summed E-state index contributed by atoms with van der Waals surface area (Å²) in [6.45, 7) is 0. The Bertz CT molecular complexity index is 6300. The van der Waals surface area contributed by atoms with E-state index in [9.17, 15) is 0 Å². The third-order valence-corrected chi connectivity index (χ3v) is 22.0. The molecule has 0 fully saturated rings. The first-order valence-electron chi connectivity index (χ1n) is 35.5. The van der Waals surface area contributed by atoms with Crippen LogP contribution in [0.2, 0.25) is 0 Å². The molecule has 0 radical (unpaired) electrons. The van der Waals surface area contributed by atoms with E-state index in [1.54, 1.807) is 0 Å². The molecule has 4 heterocycles. The summed E-state index contributed by atoms with van der Waals surface area (Å²) in [6.07, 6.45) is 0. The Hall–Kier alpha value is -13.7. The zero-order valence-electron chi connectivity index (χ0n) is 56.2. The number of hydrogen-bond donors (Lipinski definition) is 0. The molecule has 1 unspecified atom stereocenters. The van der Waals surface area contributed by atoms with Crippen molar-refractivity contribution in [1.29, 1.82) is 0 Å². The molecular formula is C98H60N4O2. The molecule has 0 bridgehead atoms. The molecule has 6 heteroatoms. The maximum absolute atomic E-state index is 7.44. The second kappa shape index (κ2) is 23.5. The standard InChI is InChI=1S/C98H60N4O2/c1-3-23-63(24-4-1)87-57-58-88(102-101-87)64-51-47-61(48-52-64)67-27-19-28-68(59-67)71-34-21-42-85-94(71)103-91-46-18-15-40-83(91)98(85)81-38-13-9-31-76(81)92-70(33-20-41-84(92)98)69-55-56-72(78(60-69)62-49-53-65(54-50-62)93-77-32-10-16-44-89(77)99-96(100-93)66-25-5-2-6-26-66)75-35-22-43-86-95(75)104-90-45-17-14-39-82(90)97(86)79-36-11-7-29-73(79)74-30-8-12-37-80(74)97/h1-60H. The van der Waals surface area contributed by atoms with Crippen LogP contribution in [0.25, 0.3) is 134 Å². The van der Waals surface area contributed by atoms with E-state index < -0.39 is 10.8 Å². The molecule has 21 rings (SSSR count). The van der Waals surface area contributed by atoms with E-state index in [0.717, 1.165) is 151 Å². The van der Waals surface area contributed by atoms with Crippen LogP contribution in [0.3, 0.4) is 0 Å². The van der Waals surface area contributed by atoms with Crippen LogP contribution in [-0.2, 0) is 10.8 Å². The summed E-state index contributed by atoms with van der Waals surface area (Å²) in [7, 11) is 0. The van der Waals surface area contributed by atoms with E-state index in [1.807, 2.05) is 54.6 Å². The van der Waals surface area contributed by atoms with Crippen molar-refractivity contribution in [1.82, 2.24) is 20.2 Å². The zero-order chi connectivity index (χ0) is 68.5. The molecule has 1 atom stereocenters. The van der Waals surface area contributed by atoms with Crippen LogP contribution in [-0.4, -0.2) is 20.2 Å². The second-order valence-corrected chi connectivity index (χ2v) is 27.4. The Kier molecular flexibility index (Phi) is 13.4. The van der Waals surface area contributed by atoms with Crippen molar-refractivity contribution >= 4 is 10.9 Å². The number of para-hydroxylation sites is 5. The summed E-state index contributed by atoms with van der Waals surface area (Å²) >= 11 is 0. The van der Waals surface area contributed by atoms with Gasteiger partial charge in [0.15, 0.2) is 5.82 Å². The van der Waals surface area contributed by atoms with Gasteiger partial charge in [-0.25, -0.2) is 9.97 Å². The fraction of sp³-hybridized carbons (Fsp3) is 0.0204. The number of hydrogen-bond acceptors (Lipinski definition) is 6. The van der Waals surface area contributed by atoms with Crippen LogP contribution >= 0.6 is 0 Å². The molecule has 2 spiro atoms. The maximum atomic E-state index is 7.44. The molecule has 0 N–H and O–H groups in total. The van der Waals surface area contributed by atoms with E-state index in [1.165, 1.54) is 44.5 Å². The monoisotopic (exact) mass is 1320 g/mol. The molecule has 484 valence electrons. The first-order valence-corrected chi connectivity index (χ1v) is 35.5. The van der Waals surface area contributed by atoms with E-state index in [0.29, 0.717) is 5.82 Å². The lowest BCUT2D eigenvalue weighted by Gasteiger charge is -2.40. The average molecular weight is 1330 g/mol. The summed E-state index contributed by atoms with van der Waals surface area (Å²) < 4.78 is 14.8. The number of benzene rings is 15. The predicted octanol–water partition coefficient (Wildman–Crippen LogP) is 24.4. The number of fused-ring (bicyclic) bond motifs is 19. The van der Waals surface area contributed by atoms with Crippen LogP contribution in [0.15, 0.2) is 364 Å². The summed E-state index contributed by atoms with van der Waals surface area (Å²) in [5, 5.41) is 10.2. The Morgan fingerprint density at radius 3 is 1.32 bits per heavy atom. The molecule has 4 aliphatic rings. The topological polar surface area (TPSA) is 70.0 Å². The minimum Gasteiger partial charge on any atom is -0.456 e. The van der Waals surface area contributed by atoms with Gasteiger partial charge in [0.1, 0.15) is 23.0 Å². The van der Waals surface area contributed by atoms with Gasteiger partial charge in [-0.15, -0.1) is 10.2 Å². The van der Waals surface area contributed by atoms with Crippen LogP contribution < -0.4 is 9.47 Å². The van der Waals surface area contributed by atoms with Crippen LogP contribution in [0.1, 0.15) is 44.5 Å². The van der Waals surface area contributed by atoms with Crippen molar-refractivity contribution in [2.45, 2.75) is 10.8 Å². The van der Waals surface area contributed by atoms with Gasteiger partial charge in [0.2, 0.25) is 0 Å². The molecule has 6 nitrogen and oxygen atoms in total. The minimum atomic E-state index is -0.758. The van der Waals surface area contributed by atoms with E-state index in [4.69, 9.17) is 19.4 Å². The summed E-state index contributed by atoms with van der Waals surface area (Å²) in [6, 6.07) is 131. The van der Waals surface area contributed by atoms with Crippen molar-refractivity contribution in [2.24, 2.45) is 0 Å². The highest BCUT2D eigenvalue weighted by Gasteiger charge is 2.54. The maximum Gasteiger partial charge on any atom is 0.160 e. The molecule has 0 saturated heterocycles. The molecule has 2 aromatic heterocycles. The summed E-state index contributed by atoms with van der Waals surface area (Å²) in [4.78, 5) is 10.4. The van der Waals surface area contributed by atoms with Crippen molar-refractivity contribution in [3.8, 4) is 146 Å². The fourth-order valence-electron chi connectivity index (χ4n) is 17.5. The lowest BCUT2D eigenvalue weighted by molar-refractivity contribution is 0.438. The number of rotatable bonds is 9. The SMILES string of the molecule is c1ccc(-c2ccc(-c3ccc(-c4cccc(-c5cccc6c5Oc5ccccc5C65c6ccccc6-c6c(-c7ccc(-c8cccc9c8Oc8ccccc8C98c9ccccc9-c9ccccc98)c(-c8ccc(-c9nc(-c%10ccccc%10)nc%10ccccc9%10)cc8)c7)cccc65)c4)cc3)nn2)cc1. The molecule has 2 aliphatic heterocycles. The van der Waals surface area contributed by atoms with Crippen molar-refractivity contribution < 1.29 is 9.47 Å². The van der Waals surface area contributed by atoms with E-state index in [2.05, 4.69) is 320 Å². The molecule has 104 heavy (non-hydrogen) atoms. The quantitative estimate of drug-likeness (QED) is 0.143. The normalized spacial score (nSPS) is 14.2. The predicted molar refractivity (Wildman–Crippen MR) is 419 cm³/mol. The van der Waals surface area contributed by atoms with Gasteiger partial charge in [-0.1, -0.05) is 322 Å². The van der Waals surface area contributed by atoms with Gasteiger partial charge in [0, 0.05) is 61.0 Å². The third-order valence-electron chi connectivity index (χ3n) is 22.0. The van der Waals surface area contributed by atoms with Crippen molar-refractivity contribution in [2.75, 3.05) is 0 Å². The Morgan fingerprint density at radius 1 is 0.221 bits per heavy atom. The lowest BCUT2D eigenvalue weighted by atomic mass is 9.65. The first-order chi connectivity index (χ1) is 51.6. The number of ether oxygens (including phenoxy) is 2. The van der Waals surface area contributed by atoms with E-state index >= 15 is 0 Å². The highest BCUT2D eigenvalue weighted by molar-refractivity contribution is 6.01. The Balaban J connectivity index is 0.727. The van der Waals surface area contributed by atoms with E-state index in [-0.39, 0.29) is 0 Å². The van der Waals surface area contributed by atoms with Crippen molar-refractivity contribution in [3.05, 3.63) is 408 Å². The lowest BCUT2D eigenvalue weighted by Crippen LogP contribution is -2.32. The van der Waals surface area contributed by atoms with Gasteiger partial charge in [-0.05, 0) is 131 Å². The van der Waals surface area contributed by atoms with Crippen LogP contribution in [0.4, 0.5) is 0 Å². The van der Waals surface area contributed by atoms with Gasteiger partial charge in [0.05, 0.1) is 33.4 Å². The molecule has 0 saturated carbocycles. The minimum absolute atomic E-state index is 0.643. The fourth-order valence-corrected chi connectivity index (χ4v) is 17.5. The first kappa shape index (κ1) is 59.2. The third kappa shape index (κ3) is 8.88. The summed E-state index contributed by atoms with van der Waals surface area (Å²) in [5.41, 5.74) is 30.9. The van der Waals surface area contributed by atoms with Gasteiger partial charge in [-0.3, -0.25) is 0 Å². The number of aromatic nitrogens is 4. The van der Waals surface area contributed by atoms with Gasteiger partial charge >= 0.3 is 0 Å². The highest BCUT2D eigenvalue weighted by atomic mass is 16.5. The number of nitrogens with zero attached hydrogens (tertiary/aromatic N) is 4. The largest absolute Gasteiger partial charge is 0.456 e. The summed E-state index contributed by atoms with van der Waals surface area (Å²) in [5.74, 6) is 4.05. The molecule has 15 aromatic carbocycles. The second-order valence-electron chi connectivity index (χ2n) is 27.4. The smallest absolute Gasteiger partial charge is 0.160 e. The van der Waals surface area contributed by atoms with Gasteiger partial charge in [-0.2, -0.15) is 0 Å². The molecule has 2 aliphatic carbocycles. The van der Waals surface area contributed by atoms with Crippen LogP contribution in [0.5, 0.6) is 23.0 Å². The van der Waals surface area contributed by atoms with Gasteiger partial charge < -0.3 is 9.47 Å².